The first-order valence-corrected chi connectivity index (χ1v) is 3.71. The van der Waals surface area contributed by atoms with Gasteiger partial charge in [-0.2, -0.15) is 0 Å². The second-order valence-electron chi connectivity index (χ2n) is 3.03. The minimum absolute atomic E-state index is 0.467. The van der Waals surface area contributed by atoms with Crippen molar-refractivity contribution in [2.24, 2.45) is 11.5 Å². The van der Waals surface area contributed by atoms with Crippen molar-refractivity contribution in [2.45, 2.75) is 19.4 Å². The summed E-state index contributed by atoms with van der Waals surface area (Å²) in [5, 5.41) is 12.3. The topological polar surface area (TPSA) is 84.3 Å². The molecule has 0 aromatic carbocycles. The van der Waals surface area contributed by atoms with Crippen molar-refractivity contribution in [3.05, 3.63) is 23.7 Å². The molecular weight excluding hydrogens is 154 g/mol. The molecule has 0 spiro atoms. The molecular formula is C8H17N3O. The fourth-order valence-electron chi connectivity index (χ4n) is 0.668. The molecule has 0 aliphatic rings. The number of hydrogen-bond donors (Lipinski definition) is 4. The van der Waals surface area contributed by atoms with E-state index < -0.39 is 5.60 Å². The van der Waals surface area contributed by atoms with Gasteiger partial charge in [0.1, 0.15) is 0 Å². The van der Waals surface area contributed by atoms with Gasteiger partial charge in [-0.05, 0) is 19.9 Å². The van der Waals surface area contributed by atoms with Crippen LogP contribution >= 0.6 is 0 Å². The Balaban J connectivity index is 4.63. The molecule has 4 heteroatoms. The molecule has 0 aromatic rings. The molecule has 0 aromatic heterocycles. The Labute approximate surface area is 72.9 Å². The highest BCUT2D eigenvalue weighted by Crippen LogP contribution is 2.15. The van der Waals surface area contributed by atoms with E-state index in [0.29, 0.717) is 11.4 Å². The van der Waals surface area contributed by atoms with Crippen molar-refractivity contribution < 1.29 is 5.11 Å². The van der Waals surface area contributed by atoms with E-state index >= 15 is 0 Å². The van der Waals surface area contributed by atoms with E-state index in [-0.39, 0.29) is 0 Å². The molecule has 0 bridgehead atoms. The van der Waals surface area contributed by atoms with Crippen LogP contribution in [-0.4, -0.2) is 17.8 Å². The Bertz CT molecular complexity index is 201. The number of aliphatic hydroxyl groups is 1. The molecule has 0 aliphatic carbocycles. The lowest BCUT2D eigenvalue weighted by atomic mass is 9.99. The Kier molecular flexibility index (Phi) is 3.63. The summed E-state index contributed by atoms with van der Waals surface area (Å²) in [6, 6.07) is 0. The SMILES string of the molecule is CNC(N)=CC(=CN)C(C)(C)O. The zero-order valence-electron chi connectivity index (χ0n) is 7.76. The summed E-state index contributed by atoms with van der Waals surface area (Å²) >= 11 is 0. The van der Waals surface area contributed by atoms with Crippen LogP contribution in [0.4, 0.5) is 0 Å². The summed E-state index contributed by atoms with van der Waals surface area (Å²) in [7, 11) is 1.70. The van der Waals surface area contributed by atoms with Crippen LogP contribution in [0.1, 0.15) is 13.8 Å². The number of rotatable bonds is 3. The van der Waals surface area contributed by atoms with Crippen LogP contribution < -0.4 is 16.8 Å². The van der Waals surface area contributed by atoms with Crippen molar-refractivity contribution >= 4 is 0 Å². The molecule has 0 aliphatic heterocycles. The lowest BCUT2D eigenvalue weighted by Crippen LogP contribution is -2.24. The maximum absolute atomic E-state index is 9.55. The number of hydrogen-bond acceptors (Lipinski definition) is 4. The first kappa shape index (κ1) is 10.8. The molecule has 0 radical (unpaired) electrons. The lowest BCUT2D eigenvalue weighted by molar-refractivity contribution is 0.123. The van der Waals surface area contributed by atoms with Gasteiger partial charge >= 0.3 is 0 Å². The molecule has 70 valence electrons. The highest BCUT2D eigenvalue weighted by Gasteiger charge is 2.16. The van der Waals surface area contributed by atoms with Crippen LogP contribution in [0.25, 0.3) is 0 Å². The first-order valence-electron chi connectivity index (χ1n) is 3.71. The van der Waals surface area contributed by atoms with E-state index in [9.17, 15) is 5.11 Å². The maximum atomic E-state index is 9.55. The van der Waals surface area contributed by atoms with Gasteiger partial charge in [0.2, 0.25) is 0 Å². The molecule has 0 saturated carbocycles. The predicted molar refractivity (Wildman–Crippen MR) is 49.9 cm³/mol. The molecule has 6 N–H and O–H groups in total. The highest BCUT2D eigenvalue weighted by atomic mass is 16.3. The third-order valence-electron chi connectivity index (χ3n) is 1.49. The van der Waals surface area contributed by atoms with Crippen LogP contribution in [0, 0.1) is 0 Å². The highest BCUT2D eigenvalue weighted by molar-refractivity contribution is 5.28. The van der Waals surface area contributed by atoms with E-state index in [2.05, 4.69) is 5.32 Å². The van der Waals surface area contributed by atoms with E-state index in [1.807, 2.05) is 0 Å². The van der Waals surface area contributed by atoms with E-state index in [1.165, 1.54) is 6.20 Å². The van der Waals surface area contributed by atoms with Gasteiger partial charge < -0.3 is 21.9 Å². The van der Waals surface area contributed by atoms with Crippen LogP contribution in [0.5, 0.6) is 0 Å². The molecule has 0 atom stereocenters. The molecule has 0 amide bonds. The summed E-state index contributed by atoms with van der Waals surface area (Å²) in [6.07, 6.45) is 2.93. The Morgan fingerprint density at radius 3 is 2.25 bits per heavy atom. The van der Waals surface area contributed by atoms with E-state index in [1.54, 1.807) is 27.0 Å². The second-order valence-corrected chi connectivity index (χ2v) is 3.03. The van der Waals surface area contributed by atoms with Crippen molar-refractivity contribution in [3.63, 3.8) is 0 Å². The molecule has 0 fully saturated rings. The van der Waals surface area contributed by atoms with E-state index in [4.69, 9.17) is 11.5 Å². The van der Waals surface area contributed by atoms with Gasteiger partial charge in [0.15, 0.2) is 0 Å². The Hall–Kier alpha value is -1.16. The fourth-order valence-corrected chi connectivity index (χ4v) is 0.668. The molecule has 0 unspecified atom stereocenters. The van der Waals surface area contributed by atoms with Crippen molar-refractivity contribution in [3.8, 4) is 0 Å². The third kappa shape index (κ3) is 3.30. The van der Waals surface area contributed by atoms with Crippen molar-refractivity contribution in [1.82, 2.24) is 5.32 Å². The minimum atomic E-state index is -0.962. The summed E-state index contributed by atoms with van der Waals surface area (Å²) in [4.78, 5) is 0. The van der Waals surface area contributed by atoms with Gasteiger partial charge in [0.05, 0.1) is 11.4 Å². The summed E-state index contributed by atoms with van der Waals surface area (Å²) in [6.45, 7) is 3.29. The van der Waals surface area contributed by atoms with Crippen molar-refractivity contribution in [2.75, 3.05) is 7.05 Å². The van der Waals surface area contributed by atoms with Gasteiger partial charge in [0, 0.05) is 18.8 Å². The van der Waals surface area contributed by atoms with Gasteiger partial charge in [-0.15, -0.1) is 0 Å². The Morgan fingerprint density at radius 2 is 2.00 bits per heavy atom. The number of nitrogens with two attached hydrogens (primary N) is 2. The molecule has 0 rings (SSSR count). The molecule has 4 nitrogen and oxygen atoms in total. The minimum Gasteiger partial charge on any atom is -0.404 e. The van der Waals surface area contributed by atoms with Gasteiger partial charge in [-0.1, -0.05) is 0 Å². The van der Waals surface area contributed by atoms with Crippen LogP contribution in [-0.2, 0) is 0 Å². The first-order chi connectivity index (χ1) is 5.41. The van der Waals surface area contributed by atoms with E-state index in [0.717, 1.165) is 0 Å². The monoisotopic (exact) mass is 171 g/mol. The maximum Gasteiger partial charge on any atom is 0.0961 e. The fraction of sp³-hybridized carbons (Fsp3) is 0.500. The van der Waals surface area contributed by atoms with Crippen LogP contribution in [0.3, 0.4) is 0 Å². The largest absolute Gasteiger partial charge is 0.404 e. The quantitative estimate of drug-likeness (QED) is 0.436. The third-order valence-corrected chi connectivity index (χ3v) is 1.49. The standard InChI is InChI=1S/C8H17N3O/c1-8(2,12)6(5-9)4-7(10)11-3/h4-5,11-12H,9-10H2,1-3H3. The van der Waals surface area contributed by atoms with Crippen LogP contribution in [0.2, 0.25) is 0 Å². The van der Waals surface area contributed by atoms with Gasteiger partial charge in [-0.3, -0.25) is 0 Å². The second kappa shape index (κ2) is 4.01. The average molecular weight is 171 g/mol. The van der Waals surface area contributed by atoms with Crippen LogP contribution in [0.15, 0.2) is 23.7 Å². The summed E-state index contributed by atoms with van der Waals surface area (Å²) in [5.74, 6) is 0.467. The predicted octanol–water partition coefficient (Wildman–Crippen LogP) is -0.381. The van der Waals surface area contributed by atoms with Gasteiger partial charge in [-0.25, -0.2) is 0 Å². The molecule has 12 heavy (non-hydrogen) atoms. The zero-order valence-corrected chi connectivity index (χ0v) is 7.76. The zero-order chi connectivity index (χ0) is 9.78. The summed E-state index contributed by atoms with van der Waals surface area (Å²) < 4.78 is 0. The molecule has 0 heterocycles. The molecule has 0 saturated heterocycles. The number of nitrogens with one attached hydrogen (secondary N) is 1. The normalized spacial score (nSPS) is 14.7. The average Bonchev–Trinajstić information content (AvgIpc) is 1.97. The van der Waals surface area contributed by atoms with Crippen molar-refractivity contribution in [1.29, 1.82) is 0 Å². The lowest BCUT2D eigenvalue weighted by Gasteiger charge is -2.18. The summed E-state index contributed by atoms with van der Waals surface area (Å²) in [5.41, 5.74) is 10.4. The smallest absolute Gasteiger partial charge is 0.0961 e. The Morgan fingerprint density at radius 1 is 1.50 bits per heavy atom. The van der Waals surface area contributed by atoms with Gasteiger partial charge in [0.25, 0.3) is 0 Å².